The number of rotatable bonds is 11. The number of carboxylic acids is 1. The van der Waals surface area contributed by atoms with Gasteiger partial charge in [0.05, 0.1) is 55.9 Å². The van der Waals surface area contributed by atoms with Gasteiger partial charge in [-0.15, -0.1) is 0 Å². The number of aliphatic carboxylic acids is 1. The standard InChI is InChI=1S/C20H34O15.C8H16O5.2C8H16O4/c1-5-8(21)16(30-3)15(6(2)32-5)34-20-14(27)10(23)9(22)7(33-20)4-31-19-13(26)11(24)12(25)17(35-19)18(28)29;1-4-6(10)7(11)8(12-2)5(3-9)13-4;2*1-4-6(9)8(11-3)7(10)5(2)12-4/h5-17,19-27H,4H2,1-3H3,(H,28,29);4-11H,3H2,1-2H3;2*4-10H,1-3H3/t5?,6?,7?,8-,9+,10-,11-,12-,13?,14?,15?,16-,17?,19-,20+;4-,5?,6-,7?,8-;4?,5?,6-,7?,8?;4-,5?,6?,7+,8?/m0101/s1. The summed E-state index contributed by atoms with van der Waals surface area (Å²) >= 11 is 0. The molecule has 426 valence electrons. The summed E-state index contributed by atoms with van der Waals surface area (Å²) in [6.07, 6.45) is -30.3. The van der Waals surface area contributed by atoms with Crippen molar-refractivity contribution in [3.63, 3.8) is 0 Å². The smallest absolute Gasteiger partial charge is 0.335 e. The Bertz CT molecular complexity index is 1490. The molecule has 6 heterocycles. The molecule has 0 spiro atoms. The highest BCUT2D eigenvalue weighted by Gasteiger charge is 2.52. The zero-order chi connectivity index (χ0) is 54.8. The van der Waals surface area contributed by atoms with Crippen molar-refractivity contribution < 1.29 is 138 Å². The predicted octanol–water partition coefficient (Wildman–Crippen LogP) is -7.17. The van der Waals surface area contributed by atoms with Crippen molar-refractivity contribution in [1.82, 2.24) is 0 Å². The topological polar surface area (TPSA) is 431 Å². The van der Waals surface area contributed by atoms with Crippen LogP contribution in [0.25, 0.3) is 0 Å². The van der Waals surface area contributed by atoms with E-state index in [2.05, 4.69) is 0 Å². The molecule has 6 aliphatic heterocycles. The summed E-state index contributed by atoms with van der Waals surface area (Å²) < 4.78 is 63.2. The van der Waals surface area contributed by atoms with Crippen molar-refractivity contribution in [2.75, 3.05) is 41.7 Å². The molecule has 15 N–H and O–H groups in total. The first kappa shape index (κ1) is 64.7. The van der Waals surface area contributed by atoms with Gasteiger partial charge in [-0.3, -0.25) is 0 Å². The molecule has 16 unspecified atom stereocenters. The Morgan fingerprint density at radius 3 is 1.18 bits per heavy atom. The second-order valence-corrected chi connectivity index (χ2v) is 18.6. The van der Waals surface area contributed by atoms with Gasteiger partial charge in [-0.2, -0.15) is 0 Å². The van der Waals surface area contributed by atoms with Gasteiger partial charge >= 0.3 is 5.97 Å². The summed E-state index contributed by atoms with van der Waals surface area (Å²) in [5, 5.41) is 146. The minimum Gasteiger partial charge on any atom is -0.479 e. The van der Waals surface area contributed by atoms with Crippen LogP contribution in [0.5, 0.6) is 0 Å². The van der Waals surface area contributed by atoms with Crippen LogP contribution in [0.4, 0.5) is 0 Å². The summed E-state index contributed by atoms with van der Waals surface area (Å²) in [4.78, 5) is 11.2. The average Bonchev–Trinajstić information content (AvgIpc) is 3.34. The van der Waals surface area contributed by atoms with E-state index < -0.39 is 172 Å². The van der Waals surface area contributed by atoms with Crippen molar-refractivity contribution >= 4 is 5.97 Å². The molecule has 6 aliphatic rings. The van der Waals surface area contributed by atoms with Crippen LogP contribution >= 0.6 is 0 Å². The maximum Gasteiger partial charge on any atom is 0.335 e. The van der Waals surface area contributed by atoms with E-state index in [1.807, 2.05) is 0 Å². The van der Waals surface area contributed by atoms with Crippen LogP contribution in [0.1, 0.15) is 48.5 Å². The monoisotopic (exact) mass is 1060 g/mol. The highest BCUT2D eigenvalue weighted by atomic mass is 16.7. The maximum absolute atomic E-state index is 11.2. The van der Waals surface area contributed by atoms with E-state index in [-0.39, 0.29) is 31.0 Å². The molecule has 0 aromatic rings. The van der Waals surface area contributed by atoms with E-state index in [0.717, 1.165) is 0 Å². The Hall–Kier alpha value is -1.57. The van der Waals surface area contributed by atoms with Crippen LogP contribution in [-0.4, -0.2) is 308 Å². The van der Waals surface area contributed by atoms with Crippen molar-refractivity contribution in [1.29, 1.82) is 0 Å². The third-order valence-electron chi connectivity index (χ3n) is 13.6. The molecule has 28 heteroatoms. The molecule has 0 bridgehead atoms. The molecule has 0 aliphatic carbocycles. The van der Waals surface area contributed by atoms with Gasteiger partial charge in [-0.25, -0.2) is 4.79 Å². The Balaban J connectivity index is 0.000000300. The van der Waals surface area contributed by atoms with Crippen molar-refractivity contribution in [3.05, 3.63) is 0 Å². The normalized spacial score (nSPS) is 49.7. The molecular formula is C44H82O28. The lowest BCUT2D eigenvalue weighted by Gasteiger charge is -2.46. The molecule has 0 aromatic heterocycles. The zero-order valence-electron chi connectivity index (χ0n) is 42.3. The minimum atomic E-state index is -1.92. The Labute approximate surface area is 417 Å². The first-order valence-corrected chi connectivity index (χ1v) is 23.6. The van der Waals surface area contributed by atoms with E-state index in [9.17, 15) is 71.2 Å². The van der Waals surface area contributed by atoms with Gasteiger partial charge in [0, 0.05) is 28.4 Å². The largest absolute Gasteiger partial charge is 0.479 e. The number of ether oxygens (including phenoxy) is 12. The zero-order valence-corrected chi connectivity index (χ0v) is 42.3. The molecular weight excluding hydrogens is 976 g/mol. The van der Waals surface area contributed by atoms with Crippen LogP contribution < -0.4 is 0 Å². The number of aliphatic hydroxyl groups is 14. The summed E-state index contributed by atoms with van der Waals surface area (Å²) in [7, 11) is 5.71. The molecule has 0 aromatic carbocycles. The average molecular weight is 1060 g/mol. The lowest BCUT2D eigenvalue weighted by atomic mass is 9.95. The molecule has 6 rings (SSSR count). The number of hydrogen-bond donors (Lipinski definition) is 15. The Kier molecular flexibility index (Phi) is 26.3. The summed E-state index contributed by atoms with van der Waals surface area (Å²) in [5.74, 6) is -1.61. The molecule has 72 heavy (non-hydrogen) atoms. The second kappa shape index (κ2) is 29.2. The molecule has 0 amide bonds. The number of aliphatic hydroxyl groups excluding tert-OH is 14. The molecule has 6 saturated heterocycles. The Morgan fingerprint density at radius 2 is 0.764 bits per heavy atom. The van der Waals surface area contributed by atoms with Crippen molar-refractivity contribution in [2.45, 2.75) is 232 Å². The molecule has 0 saturated carbocycles. The van der Waals surface area contributed by atoms with Gasteiger partial charge < -0.3 is 133 Å². The number of carboxylic acid groups (broad SMARTS) is 1. The fraction of sp³-hybridized carbons (Fsp3) is 0.977. The van der Waals surface area contributed by atoms with Crippen molar-refractivity contribution in [2.24, 2.45) is 0 Å². The lowest BCUT2D eigenvalue weighted by molar-refractivity contribution is -0.350. The number of hydrogen-bond acceptors (Lipinski definition) is 27. The van der Waals surface area contributed by atoms with Crippen LogP contribution in [0, 0.1) is 0 Å². The summed E-state index contributed by atoms with van der Waals surface area (Å²) in [6, 6.07) is 0. The third-order valence-corrected chi connectivity index (χ3v) is 13.6. The van der Waals surface area contributed by atoms with Gasteiger partial charge in [0.15, 0.2) is 18.7 Å². The predicted molar refractivity (Wildman–Crippen MR) is 239 cm³/mol. The first-order valence-electron chi connectivity index (χ1n) is 23.6. The van der Waals surface area contributed by atoms with Crippen LogP contribution in [-0.2, 0) is 61.6 Å². The van der Waals surface area contributed by atoms with Crippen molar-refractivity contribution in [3.8, 4) is 0 Å². The molecule has 30 atom stereocenters. The van der Waals surface area contributed by atoms with E-state index >= 15 is 0 Å². The molecule has 6 fully saturated rings. The van der Waals surface area contributed by atoms with E-state index in [0.29, 0.717) is 0 Å². The SMILES string of the molecule is COC1C(O)C(C)OC(C)[C@@H]1O.COC1C(O)[C@@H](C)OC(C)[C@@H]1O.CO[C@@H]1C(CO)O[C@H](C)[C@@H](O)C1O.CO[C@@H]1C(O[C@H]2OC(CO[C@H]3OC(C(=O)O)[C@@H](O)[C@H](O)C3O)[C@@H](O)[C@H](O)C2O)C(C)OC(C)[C@@H]1O. The van der Waals surface area contributed by atoms with E-state index in [1.165, 1.54) is 28.4 Å². The van der Waals surface area contributed by atoms with Gasteiger partial charge in [-0.05, 0) is 48.5 Å². The van der Waals surface area contributed by atoms with Gasteiger partial charge in [0.1, 0.15) is 122 Å². The van der Waals surface area contributed by atoms with Gasteiger partial charge in [0.25, 0.3) is 0 Å². The molecule has 28 nitrogen and oxygen atoms in total. The second-order valence-electron chi connectivity index (χ2n) is 18.6. The lowest BCUT2D eigenvalue weighted by Crippen LogP contribution is -2.64. The maximum atomic E-state index is 11.2. The molecule has 0 radical (unpaired) electrons. The highest BCUT2D eigenvalue weighted by Crippen LogP contribution is 2.32. The van der Waals surface area contributed by atoms with Gasteiger partial charge in [0.2, 0.25) is 0 Å². The van der Waals surface area contributed by atoms with Crippen LogP contribution in [0.15, 0.2) is 0 Å². The summed E-state index contributed by atoms with van der Waals surface area (Å²) in [6.45, 7) is 11.2. The summed E-state index contributed by atoms with van der Waals surface area (Å²) in [5.41, 5.74) is 0. The first-order chi connectivity index (χ1) is 33.6. The number of methoxy groups -OCH3 is 4. The van der Waals surface area contributed by atoms with Gasteiger partial charge in [-0.1, -0.05) is 0 Å². The van der Waals surface area contributed by atoms with Crippen LogP contribution in [0.3, 0.4) is 0 Å². The third kappa shape index (κ3) is 15.6. The number of carbonyl (C=O) groups is 1. The fourth-order valence-electron chi connectivity index (χ4n) is 8.98. The quantitative estimate of drug-likeness (QED) is 0.0914. The fourth-order valence-corrected chi connectivity index (χ4v) is 8.98. The van der Waals surface area contributed by atoms with Crippen LogP contribution in [0.2, 0.25) is 0 Å². The van der Waals surface area contributed by atoms with E-state index in [4.69, 9.17) is 67.1 Å². The Morgan fingerprint density at radius 1 is 0.375 bits per heavy atom. The van der Waals surface area contributed by atoms with E-state index in [1.54, 1.807) is 48.5 Å². The minimum absolute atomic E-state index is 0.230. The highest BCUT2D eigenvalue weighted by molar-refractivity contribution is 5.73.